The molecule has 1 aromatic heterocycles. The van der Waals surface area contributed by atoms with Crippen LogP contribution in [-0.4, -0.2) is 43.6 Å². The number of fused-ring (bicyclic) bond motifs is 1. The van der Waals surface area contributed by atoms with Crippen molar-refractivity contribution in [3.8, 4) is 0 Å². The number of H-pyrrole nitrogens is 1. The van der Waals surface area contributed by atoms with Crippen LogP contribution in [0.1, 0.15) is 33.3 Å². The fourth-order valence-corrected chi connectivity index (χ4v) is 9.54. The first-order valence-corrected chi connectivity index (χ1v) is 14.3. The van der Waals surface area contributed by atoms with Gasteiger partial charge in [-0.3, -0.25) is 5.10 Å². The molecule has 0 saturated carbocycles. The molecule has 1 heterocycles. The summed E-state index contributed by atoms with van der Waals surface area (Å²) in [6.45, 7) is 7.11. The van der Waals surface area contributed by atoms with Gasteiger partial charge in [-0.2, -0.15) is 5.10 Å². The maximum absolute atomic E-state index is 15.3. The molecule has 0 spiro atoms. The number of aromatic amines is 1. The SMILES string of the molecule is C[C@H](Cc1cccc2[nH]ncc12)NCC(F)(F)CO[Si](c1ccccc1)(c1ccccc1)C(C)(C)C. The highest BCUT2D eigenvalue weighted by Crippen LogP contribution is 2.37. The predicted molar refractivity (Wildman–Crippen MR) is 146 cm³/mol. The molecule has 0 fully saturated rings. The highest BCUT2D eigenvalue weighted by atomic mass is 28.4. The molecule has 0 amide bonds. The number of halogens is 2. The fraction of sp³-hybridized carbons (Fsp3) is 0.345. The number of aromatic nitrogens is 2. The van der Waals surface area contributed by atoms with E-state index in [1.54, 1.807) is 6.20 Å². The highest BCUT2D eigenvalue weighted by molar-refractivity contribution is 6.99. The van der Waals surface area contributed by atoms with Crippen molar-refractivity contribution in [2.75, 3.05) is 13.2 Å². The van der Waals surface area contributed by atoms with Gasteiger partial charge in [0, 0.05) is 11.4 Å². The molecule has 3 aromatic carbocycles. The van der Waals surface area contributed by atoms with E-state index in [-0.39, 0.29) is 11.1 Å². The van der Waals surface area contributed by atoms with Crippen LogP contribution in [0.3, 0.4) is 0 Å². The quantitative estimate of drug-likeness (QED) is 0.287. The van der Waals surface area contributed by atoms with Crippen molar-refractivity contribution in [1.82, 2.24) is 15.5 Å². The van der Waals surface area contributed by atoms with Crippen molar-refractivity contribution < 1.29 is 13.2 Å². The van der Waals surface area contributed by atoms with Crippen LogP contribution in [0.4, 0.5) is 8.78 Å². The Morgan fingerprint density at radius 2 is 1.53 bits per heavy atom. The van der Waals surface area contributed by atoms with Gasteiger partial charge in [-0.15, -0.1) is 0 Å². The van der Waals surface area contributed by atoms with Gasteiger partial charge in [-0.05, 0) is 40.4 Å². The Balaban J connectivity index is 1.50. The standard InChI is InChI=1S/C29H35F2N3OSi/c1-22(18-23-12-11-17-27-26(23)19-33-34-27)32-20-29(30,31)21-35-36(28(2,3)4,24-13-7-5-8-14-24)25-15-9-6-10-16-25/h5-17,19,22,32H,18,20-21H2,1-4H3,(H,33,34)/t22-/m1/s1. The van der Waals surface area contributed by atoms with E-state index in [2.05, 4.69) is 36.3 Å². The maximum Gasteiger partial charge on any atom is 0.281 e. The van der Waals surface area contributed by atoms with Gasteiger partial charge in [0.1, 0.15) is 0 Å². The van der Waals surface area contributed by atoms with E-state index in [9.17, 15) is 0 Å². The minimum Gasteiger partial charge on any atom is -0.401 e. The summed E-state index contributed by atoms with van der Waals surface area (Å²) >= 11 is 0. The largest absolute Gasteiger partial charge is 0.401 e. The number of hydrogen-bond donors (Lipinski definition) is 2. The average Bonchev–Trinajstić information content (AvgIpc) is 3.34. The molecule has 4 nitrogen and oxygen atoms in total. The molecule has 0 unspecified atom stereocenters. The molecule has 7 heteroatoms. The van der Waals surface area contributed by atoms with Gasteiger partial charge in [0.2, 0.25) is 0 Å². The topological polar surface area (TPSA) is 49.9 Å². The lowest BCUT2D eigenvalue weighted by Gasteiger charge is -2.43. The van der Waals surface area contributed by atoms with E-state index >= 15 is 8.78 Å². The third-order valence-electron chi connectivity index (χ3n) is 6.73. The molecule has 0 bridgehead atoms. The smallest absolute Gasteiger partial charge is 0.281 e. The summed E-state index contributed by atoms with van der Waals surface area (Å²) in [5, 5.41) is 12.7. The van der Waals surface area contributed by atoms with Gasteiger partial charge in [0.05, 0.1) is 24.9 Å². The van der Waals surface area contributed by atoms with E-state index in [0.717, 1.165) is 26.8 Å². The van der Waals surface area contributed by atoms with Crippen molar-refractivity contribution >= 4 is 29.6 Å². The molecular weight excluding hydrogens is 472 g/mol. The van der Waals surface area contributed by atoms with Crippen LogP contribution in [0.5, 0.6) is 0 Å². The van der Waals surface area contributed by atoms with E-state index in [0.29, 0.717) is 6.42 Å². The number of alkyl halides is 2. The van der Waals surface area contributed by atoms with Crippen molar-refractivity contribution in [1.29, 1.82) is 0 Å². The first kappa shape index (κ1) is 26.2. The minimum atomic E-state index is -3.02. The lowest BCUT2D eigenvalue weighted by Crippen LogP contribution is -2.67. The number of rotatable bonds is 10. The van der Waals surface area contributed by atoms with E-state index < -0.39 is 27.4 Å². The van der Waals surface area contributed by atoms with Gasteiger partial charge in [0.15, 0.2) is 0 Å². The molecule has 0 aliphatic rings. The molecule has 0 aliphatic carbocycles. The monoisotopic (exact) mass is 507 g/mol. The molecule has 0 aliphatic heterocycles. The van der Waals surface area contributed by atoms with Crippen LogP contribution >= 0.6 is 0 Å². The summed E-state index contributed by atoms with van der Waals surface area (Å²) < 4.78 is 37.1. The van der Waals surface area contributed by atoms with Crippen LogP contribution < -0.4 is 15.7 Å². The molecule has 36 heavy (non-hydrogen) atoms. The third kappa shape index (κ3) is 5.58. The molecule has 4 aromatic rings. The number of hydrogen-bond acceptors (Lipinski definition) is 3. The Morgan fingerprint density at radius 3 is 2.11 bits per heavy atom. The summed E-state index contributed by atoms with van der Waals surface area (Å²) in [5.74, 6) is -3.02. The van der Waals surface area contributed by atoms with Crippen molar-refractivity contribution in [3.63, 3.8) is 0 Å². The Bertz CT molecular complexity index is 1220. The van der Waals surface area contributed by atoms with Crippen LogP contribution in [-0.2, 0) is 10.8 Å². The number of nitrogens with zero attached hydrogens (tertiary/aromatic N) is 1. The lowest BCUT2D eigenvalue weighted by atomic mass is 10.0. The second-order valence-corrected chi connectivity index (χ2v) is 14.8. The van der Waals surface area contributed by atoms with Crippen molar-refractivity contribution in [2.24, 2.45) is 0 Å². The normalized spacial score (nSPS) is 13.7. The fourth-order valence-electron chi connectivity index (χ4n) is 4.96. The average molecular weight is 508 g/mol. The van der Waals surface area contributed by atoms with Gasteiger partial charge >= 0.3 is 0 Å². The minimum absolute atomic E-state index is 0.135. The zero-order valence-electron chi connectivity index (χ0n) is 21.4. The third-order valence-corrected chi connectivity index (χ3v) is 11.7. The van der Waals surface area contributed by atoms with Crippen molar-refractivity contribution in [3.05, 3.63) is 90.6 Å². The molecule has 4 rings (SSSR count). The number of nitrogens with one attached hydrogen (secondary N) is 2. The summed E-state index contributed by atoms with van der Waals surface area (Å²) in [6, 6.07) is 25.6. The molecule has 190 valence electrons. The van der Waals surface area contributed by atoms with Gasteiger partial charge in [0.25, 0.3) is 14.2 Å². The Morgan fingerprint density at radius 1 is 0.917 bits per heavy atom. The van der Waals surface area contributed by atoms with E-state index in [1.165, 1.54) is 0 Å². The van der Waals surface area contributed by atoms with Gasteiger partial charge in [-0.25, -0.2) is 8.78 Å². The highest BCUT2D eigenvalue weighted by Gasteiger charge is 2.51. The number of benzene rings is 3. The van der Waals surface area contributed by atoms with Gasteiger partial charge < -0.3 is 9.74 Å². The summed E-state index contributed by atoms with van der Waals surface area (Å²) in [5.41, 5.74) is 2.02. The first-order chi connectivity index (χ1) is 17.1. The van der Waals surface area contributed by atoms with Crippen LogP contribution in [0.25, 0.3) is 10.9 Å². The lowest BCUT2D eigenvalue weighted by molar-refractivity contribution is -0.0433. The zero-order chi connectivity index (χ0) is 25.8. The summed E-state index contributed by atoms with van der Waals surface area (Å²) in [7, 11) is -3.02. The second kappa shape index (κ2) is 10.6. The summed E-state index contributed by atoms with van der Waals surface area (Å²) in [4.78, 5) is 0. The Kier molecular flexibility index (Phi) is 7.73. The maximum atomic E-state index is 15.3. The van der Waals surface area contributed by atoms with Gasteiger partial charge in [-0.1, -0.05) is 93.6 Å². The predicted octanol–water partition coefficient (Wildman–Crippen LogP) is 5.30. The van der Waals surface area contributed by atoms with Crippen LogP contribution in [0.15, 0.2) is 85.1 Å². The van der Waals surface area contributed by atoms with E-state index in [1.807, 2.05) is 85.8 Å². The second-order valence-electron chi connectivity index (χ2n) is 10.5. The Hall–Kier alpha value is -2.87. The van der Waals surface area contributed by atoms with Crippen molar-refractivity contribution in [2.45, 2.75) is 51.1 Å². The van der Waals surface area contributed by atoms with Crippen LogP contribution in [0, 0.1) is 0 Å². The zero-order valence-corrected chi connectivity index (χ0v) is 22.4. The molecule has 0 radical (unpaired) electrons. The molecule has 2 N–H and O–H groups in total. The Labute approximate surface area is 213 Å². The molecule has 1 atom stereocenters. The summed E-state index contributed by atoms with van der Waals surface area (Å²) in [6.07, 6.45) is 2.41. The van der Waals surface area contributed by atoms with E-state index in [4.69, 9.17) is 4.43 Å². The first-order valence-electron chi connectivity index (χ1n) is 12.4. The molecule has 0 saturated heterocycles. The molecular formula is C29H35F2N3OSi. The van der Waals surface area contributed by atoms with Crippen LogP contribution in [0.2, 0.25) is 5.04 Å².